The molecule has 1 N–H and O–H groups in total. The molecule has 0 atom stereocenters. The van der Waals surface area contributed by atoms with Crippen molar-refractivity contribution in [3.63, 3.8) is 0 Å². The van der Waals surface area contributed by atoms with Crippen LogP contribution in [-0.4, -0.2) is 20.0 Å². The highest BCUT2D eigenvalue weighted by molar-refractivity contribution is 7.91. The quantitative estimate of drug-likeness (QED) is 0.724. The Kier molecular flexibility index (Phi) is 3.96. The van der Waals surface area contributed by atoms with Crippen LogP contribution in [0, 0.1) is 6.92 Å². The summed E-state index contributed by atoms with van der Waals surface area (Å²) < 4.78 is 31.2. The van der Waals surface area contributed by atoms with Crippen LogP contribution in [-0.2, 0) is 9.84 Å². The van der Waals surface area contributed by atoms with Crippen LogP contribution in [0.15, 0.2) is 71.1 Å². The molecule has 0 saturated heterocycles. The smallest absolute Gasteiger partial charge is 0.208 e. The largest absolute Gasteiger partial charge is 0.490 e. The van der Waals surface area contributed by atoms with E-state index in [0.717, 1.165) is 11.1 Å². The summed E-state index contributed by atoms with van der Waals surface area (Å²) in [7, 11) is -3.58. The summed E-state index contributed by atoms with van der Waals surface area (Å²) in [5.41, 5.74) is 1.77. The molecule has 0 spiro atoms. The minimum absolute atomic E-state index is 0.250. The van der Waals surface area contributed by atoms with Crippen molar-refractivity contribution in [2.75, 3.05) is 6.61 Å². The van der Waals surface area contributed by atoms with E-state index in [2.05, 4.69) is 11.6 Å². The van der Waals surface area contributed by atoms with Gasteiger partial charge in [0.1, 0.15) is 12.4 Å². The van der Waals surface area contributed by atoms with Gasteiger partial charge in [-0.05, 0) is 37.3 Å². The van der Waals surface area contributed by atoms with Gasteiger partial charge in [-0.15, -0.1) is 0 Å². The van der Waals surface area contributed by atoms with Crippen molar-refractivity contribution in [2.24, 2.45) is 0 Å². The lowest BCUT2D eigenvalue weighted by Gasteiger charge is -2.06. The molecular formula is C18H17NO3S. The van der Waals surface area contributed by atoms with Gasteiger partial charge in [0, 0.05) is 17.1 Å². The van der Waals surface area contributed by atoms with Crippen LogP contribution >= 0.6 is 0 Å². The predicted octanol–water partition coefficient (Wildman–Crippen LogP) is 3.87. The number of ether oxygens (including phenoxy) is 1. The fraction of sp³-hybridized carbons (Fsp3) is 0.111. The van der Waals surface area contributed by atoms with Gasteiger partial charge < -0.3 is 9.72 Å². The first kappa shape index (κ1) is 15.4. The summed E-state index contributed by atoms with van der Waals surface area (Å²) in [6, 6.07) is 12.2. The minimum atomic E-state index is -3.58. The van der Waals surface area contributed by atoms with Gasteiger partial charge in [0.25, 0.3) is 0 Å². The number of aryl methyl sites for hydroxylation is 1. The lowest BCUT2D eigenvalue weighted by Crippen LogP contribution is -2.01. The van der Waals surface area contributed by atoms with E-state index in [1.54, 1.807) is 42.5 Å². The average molecular weight is 327 g/mol. The number of hydrogen-bond donors (Lipinski definition) is 1. The molecule has 0 unspecified atom stereocenters. The first-order valence-corrected chi connectivity index (χ1v) is 8.67. The zero-order valence-electron chi connectivity index (χ0n) is 12.7. The Morgan fingerprint density at radius 1 is 1.17 bits per heavy atom. The summed E-state index contributed by atoms with van der Waals surface area (Å²) in [5, 5.41) is 0.618. The highest BCUT2D eigenvalue weighted by atomic mass is 32.2. The number of sulfone groups is 1. The molecule has 0 radical (unpaired) electrons. The van der Waals surface area contributed by atoms with Crippen LogP contribution in [0.3, 0.4) is 0 Å². The zero-order chi connectivity index (χ0) is 16.4. The van der Waals surface area contributed by atoms with Crippen LogP contribution in [0.1, 0.15) is 5.56 Å². The van der Waals surface area contributed by atoms with Crippen LogP contribution < -0.4 is 4.74 Å². The van der Waals surface area contributed by atoms with E-state index in [4.69, 9.17) is 4.74 Å². The molecule has 0 aliphatic rings. The highest BCUT2D eigenvalue weighted by Crippen LogP contribution is 2.30. The van der Waals surface area contributed by atoms with Gasteiger partial charge in [0.2, 0.25) is 9.84 Å². The van der Waals surface area contributed by atoms with E-state index < -0.39 is 9.84 Å². The maximum Gasteiger partial charge on any atom is 0.208 e. The number of rotatable bonds is 5. The summed E-state index contributed by atoms with van der Waals surface area (Å²) in [6.07, 6.45) is 3.17. The molecule has 2 aromatic carbocycles. The van der Waals surface area contributed by atoms with Crippen molar-refractivity contribution >= 4 is 20.7 Å². The number of benzene rings is 2. The fourth-order valence-electron chi connectivity index (χ4n) is 2.39. The third-order valence-corrected chi connectivity index (χ3v) is 5.41. The van der Waals surface area contributed by atoms with Gasteiger partial charge in [0.05, 0.1) is 9.79 Å². The van der Waals surface area contributed by atoms with Crippen molar-refractivity contribution < 1.29 is 13.2 Å². The SMILES string of the molecule is C=CCOc1ccc2[nH]cc(S(=O)(=O)c3ccc(C)cc3)c2c1. The summed E-state index contributed by atoms with van der Waals surface area (Å²) in [6.45, 7) is 5.90. The molecule has 23 heavy (non-hydrogen) atoms. The molecule has 5 heteroatoms. The van der Waals surface area contributed by atoms with Gasteiger partial charge in [-0.25, -0.2) is 8.42 Å². The van der Waals surface area contributed by atoms with Crippen molar-refractivity contribution in [1.29, 1.82) is 0 Å². The number of aromatic nitrogens is 1. The van der Waals surface area contributed by atoms with Gasteiger partial charge in [-0.1, -0.05) is 30.4 Å². The molecule has 3 rings (SSSR count). The Morgan fingerprint density at radius 3 is 2.61 bits per heavy atom. The van der Waals surface area contributed by atoms with E-state index in [1.807, 2.05) is 13.0 Å². The van der Waals surface area contributed by atoms with Crippen molar-refractivity contribution in [1.82, 2.24) is 4.98 Å². The van der Waals surface area contributed by atoms with Gasteiger partial charge in [-0.2, -0.15) is 0 Å². The number of nitrogens with one attached hydrogen (secondary N) is 1. The Hall–Kier alpha value is -2.53. The van der Waals surface area contributed by atoms with E-state index in [1.165, 1.54) is 6.20 Å². The average Bonchev–Trinajstić information content (AvgIpc) is 2.97. The standard InChI is InChI=1S/C18H17NO3S/c1-3-10-22-14-6-9-17-16(11-14)18(12-19-17)23(20,21)15-7-4-13(2)5-8-15/h3-9,11-12,19H,1,10H2,2H3. The second kappa shape index (κ2) is 5.93. The fourth-order valence-corrected chi connectivity index (χ4v) is 3.81. The van der Waals surface area contributed by atoms with Crippen molar-refractivity contribution in [2.45, 2.75) is 16.7 Å². The van der Waals surface area contributed by atoms with Crippen molar-refractivity contribution in [3.05, 3.63) is 66.9 Å². The Morgan fingerprint density at radius 2 is 1.91 bits per heavy atom. The summed E-state index contributed by atoms with van der Waals surface area (Å²) >= 11 is 0. The number of aromatic amines is 1. The molecule has 1 heterocycles. The van der Waals surface area contributed by atoms with Crippen LogP contribution in [0.5, 0.6) is 5.75 Å². The van der Waals surface area contributed by atoms with Crippen LogP contribution in [0.25, 0.3) is 10.9 Å². The number of fused-ring (bicyclic) bond motifs is 1. The molecule has 0 saturated carbocycles. The molecule has 0 aliphatic carbocycles. The third kappa shape index (κ3) is 2.87. The summed E-state index contributed by atoms with van der Waals surface area (Å²) in [5.74, 6) is 0.609. The lowest BCUT2D eigenvalue weighted by molar-refractivity contribution is 0.364. The molecule has 3 aromatic rings. The monoisotopic (exact) mass is 327 g/mol. The molecule has 0 aliphatic heterocycles. The van der Waals surface area contributed by atoms with Crippen molar-refractivity contribution in [3.8, 4) is 5.75 Å². The molecule has 1 aromatic heterocycles. The molecule has 0 fully saturated rings. The maximum atomic E-state index is 12.9. The first-order chi connectivity index (χ1) is 11.0. The normalized spacial score (nSPS) is 11.5. The topological polar surface area (TPSA) is 59.2 Å². The second-order valence-corrected chi connectivity index (χ2v) is 7.19. The second-order valence-electron chi connectivity index (χ2n) is 5.28. The first-order valence-electron chi connectivity index (χ1n) is 7.19. The Labute approximate surface area is 135 Å². The number of hydrogen-bond acceptors (Lipinski definition) is 3. The van der Waals surface area contributed by atoms with Gasteiger partial charge in [-0.3, -0.25) is 0 Å². The molecular weight excluding hydrogens is 310 g/mol. The predicted molar refractivity (Wildman–Crippen MR) is 90.6 cm³/mol. The van der Waals surface area contributed by atoms with E-state index in [0.29, 0.717) is 17.7 Å². The minimum Gasteiger partial charge on any atom is -0.490 e. The number of H-pyrrole nitrogens is 1. The highest BCUT2D eigenvalue weighted by Gasteiger charge is 2.21. The third-order valence-electron chi connectivity index (χ3n) is 3.60. The Balaban J connectivity index is 2.11. The summed E-state index contributed by atoms with van der Waals surface area (Å²) in [4.78, 5) is 3.53. The van der Waals surface area contributed by atoms with E-state index in [-0.39, 0.29) is 9.79 Å². The van der Waals surface area contributed by atoms with Gasteiger partial charge in [0.15, 0.2) is 0 Å². The van der Waals surface area contributed by atoms with E-state index >= 15 is 0 Å². The molecule has 118 valence electrons. The lowest BCUT2D eigenvalue weighted by atomic mass is 10.2. The molecule has 0 amide bonds. The maximum absolute atomic E-state index is 12.9. The zero-order valence-corrected chi connectivity index (χ0v) is 13.6. The Bertz CT molecular complexity index is 954. The van der Waals surface area contributed by atoms with Crippen LogP contribution in [0.2, 0.25) is 0 Å². The van der Waals surface area contributed by atoms with Crippen LogP contribution in [0.4, 0.5) is 0 Å². The molecule has 0 bridgehead atoms. The van der Waals surface area contributed by atoms with E-state index in [9.17, 15) is 8.42 Å². The van der Waals surface area contributed by atoms with Gasteiger partial charge >= 0.3 is 0 Å². The molecule has 4 nitrogen and oxygen atoms in total.